The molecule has 0 saturated carbocycles. The Hall–Kier alpha value is -1.52. The molecule has 0 unspecified atom stereocenters. The molecule has 2 aromatic rings. The molecular weight excluding hydrogens is 276 g/mol. The summed E-state index contributed by atoms with van der Waals surface area (Å²) in [5, 5.41) is 0.890. The summed E-state index contributed by atoms with van der Waals surface area (Å²) in [6.07, 6.45) is 1.57. The van der Waals surface area contributed by atoms with Crippen LogP contribution in [0.1, 0.15) is 10.4 Å². The number of carbonyl (C=O) groups excluding carboxylic acids is 1. The fourth-order valence-electron chi connectivity index (χ4n) is 2.61. The molecule has 5 heteroatoms. The van der Waals surface area contributed by atoms with E-state index in [2.05, 4.69) is 4.90 Å². The quantitative estimate of drug-likeness (QED) is 0.815. The van der Waals surface area contributed by atoms with Gasteiger partial charge >= 0.3 is 0 Å². The summed E-state index contributed by atoms with van der Waals surface area (Å²) >= 11 is 5.75. The van der Waals surface area contributed by atoms with Gasteiger partial charge in [0.1, 0.15) is 11.8 Å². The largest absolute Gasteiger partial charge is 0.463 e. The molecule has 3 rings (SSSR count). The number of nitrogens with zero attached hydrogens (tertiary/aromatic N) is 2. The van der Waals surface area contributed by atoms with Crippen molar-refractivity contribution in [3.8, 4) is 0 Å². The van der Waals surface area contributed by atoms with Crippen molar-refractivity contribution >= 4 is 28.5 Å². The molecule has 1 fully saturated rings. The highest BCUT2D eigenvalue weighted by Gasteiger charge is 2.24. The lowest BCUT2D eigenvalue weighted by atomic mass is 10.1. The van der Waals surface area contributed by atoms with E-state index in [-0.39, 0.29) is 5.91 Å². The molecule has 1 saturated heterocycles. The number of furan rings is 1. The van der Waals surface area contributed by atoms with E-state index in [0.717, 1.165) is 43.7 Å². The van der Waals surface area contributed by atoms with E-state index in [1.807, 2.05) is 29.2 Å². The number of halogens is 1. The normalized spacial score (nSPS) is 16.8. The van der Waals surface area contributed by atoms with E-state index < -0.39 is 0 Å². The van der Waals surface area contributed by atoms with E-state index in [9.17, 15) is 4.79 Å². The van der Waals surface area contributed by atoms with Crippen LogP contribution in [-0.4, -0.2) is 54.3 Å². The third-order valence-electron chi connectivity index (χ3n) is 3.77. The number of rotatable bonds is 3. The van der Waals surface area contributed by atoms with Crippen LogP contribution in [0.15, 0.2) is 34.9 Å². The van der Waals surface area contributed by atoms with Crippen molar-refractivity contribution in [2.45, 2.75) is 0 Å². The number of hydrogen-bond donors (Lipinski definition) is 0. The van der Waals surface area contributed by atoms with Crippen molar-refractivity contribution < 1.29 is 9.21 Å². The molecule has 20 heavy (non-hydrogen) atoms. The first kappa shape index (κ1) is 13.5. The minimum Gasteiger partial charge on any atom is -0.463 e. The van der Waals surface area contributed by atoms with Crippen LogP contribution >= 0.6 is 11.6 Å². The van der Waals surface area contributed by atoms with Gasteiger partial charge in [-0.1, -0.05) is 18.2 Å². The minimum atomic E-state index is 0.0560. The van der Waals surface area contributed by atoms with Crippen LogP contribution < -0.4 is 0 Å². The van der Waals surface area contributed by atoms with E-state index in [0.29, 0.717) is 11.4 Å². The highest BCUT2D eigenvalue weighted by atomic mass is 35.5. The van der Waals surface area contributed by atoms with Crippen molar-refractivity contribution in [2.75, 3.05) is 38.6 Å². The highest BCUT2D eigenvalue weighted by molar-refractivity contribution is 6.18. The van der Waals surface area contributed by atoms with E-state index in [1.54, 1.807) is 6.26 Å². The Morgan fingerprint density at radius 1 is 1.20 bits per heavy atom. The van der Waals surface area contributed by atoms with Gasteiger partial charge in [-0.05, 0) is 6.07 Å². The molecule has 0 aliphatic carbocycles. The minimum absolute atomic E-state index is 0.0560. The fraction of sp³-hybridized carbons (Fsp3) is 0.400. The summed E-state index contributed by atoms with van der Waals surface area (Å²) in [4.78, 5) is 16.7. The maximum absolute atomic E-state index is 12.6. The predicted octanol–water partition coefficient (Wildman–Crippen LogP) is 2.43. The zero-order valence-corrected chi connectivity index (χ0v) is 12.0. The van der Waals surface area contributed by atoms with Crippen LogP contribution in [-0.2, 0) is 0 Å². The Morgan fingerprint density at radius 2 is 1.95 bits per heavy atom. The number of piperazine rings is 1. The number of benzene rings is 1. The Balaban J connectivity index is 1.74. The lowest BCUT2D eigenvalue weighted by Gasteiger charge is -2.34. The zero-order chi connectivity index (χ0) is 13.9. The molecule has 0 atom stereocenters. The maximum atomic E-state index is 12.6. The Labute approximate surface area is 122 Å². The van der Waals surface area contributed by atoms with Crippen LogP contribution in [0.2, 0.25) is 0 Å². The number of carbonyl (C=O) groups is 1. The van der Waals surface area contributed by atoms with Crippen LogP contribution in [0.25, 0.3) is 11.0 Å². The lowest BCUT2D eigenvalue weighted by molar-refractivity contribution is 0.0645. The molecule has 0 radical (unpaired) electrons. The number of amides is 1. The van der Waals surface area contributed by atoms with Gasteiger partial charge < -0.3 is 9.32 Å². The van der Waals surface area contributed by atoms with Crippen molar-refractivity contribution in [1.29, 1.82) is 0 Å². The zero-order valence-electron chi connectivity index (χ0n) is 11.2. The highest BCUT2D eigenvalue weighted by Crippen LogP contribution is 2.22. The van der Waals surface area contributed by atoms with Crippen molar-refractivity contribution in [3.63, 3.8) is 0 Å². The predicted molar refractivity (Wildman–Crippen MR) is 79.3 cm³/mol. The number of para-hydroxylation sites is 1. The standard InChI is InChI=1S/C15H17ClN2O2/c16-5-6-17-7-9-18(10-8-17)15(19)13-11-20-14-4-2-1-3-12(13)14/h1-4,11H,5-10H2. The van der Waals surface area contributed by atoms with Gasteiger partial charge in [0, 0.05) is 44.0 Å². The second-order valence-electron chi connectivity index (χ2n) is 4.97. The molecule has 1 aromatic carbocycles. The SMILES string of the molecule is O=C(c1coc2ccccc12)N1CCN(CCCl)CC1. The molecule has 0 N–H and O–H groups in total. The smallest absolute Gasteiger partial charge is 0.257 e. The average Bonchev–Trinajstić information content (AvgIpc) is 2.92. The van der Waals surface area contributed by atoms with Gasteiger partial charge in [-0.25, -0.2) is 0 Å². The fourth-order valence-corrected chi connectivity index (χ4v) is 2.85. The molecule has 106 valence electrons. The molecule has 0 spiro atoms. The molecule has 1 aliphatic heterocycles. The van der Waals surface area contributed by atoms with Crippen LogP contribution in [0, 0.1) is 0 Å². The molecule has 1 amide bonds. The maximum Gasteiger partial charge on any atom is 0.257 e. The number of hydrogen-bond acceptors (Lipinski definition) is 3. The third kappa shape index (κ3) is 2.53. The first-order valence-electron chi connectivity index (χ1n) is 6.83. The summed E-state index contributed by atoms with van der Waals surface area (Å²) < 4.78 is 5.45. The van der Waals surface area contributed by atoms with Gasteiger partial charge in [0.2, 0.25) is 0 Å². The van der Waals surface area contributed by atoms with Crippen molar-refractivity contribution in [3.05, 3.63) is 36.1 Å². The van der Waals surface area contributed by atoms with Gasteiger partial charge in [-0.2, -0.15) is 0 Å². The monoisotopic (exact) mass is 292 g/mol. The molecule has 1 aliphatic rings. The molecule has 1 aromatic heterocycles. The van der Waals surface area contributed by atoms with Crippen molar-refractivity contribution in [2.24, 2.45) is 0 Å². The van der Waals surface area contributed by atoms with Crippen LogP contribution in [0.3, 0.4) is 0 Å². The molecule has 4 nitrogen and oxygen atoms in total. The van der Waals surface area contributed by atoms with Gasteiger partial charge in [-0.15, -0.1) is 11.6 Å². The first-order chi connectivity index (χ1) is 9.79. The van der Waals surface area contributed by atoms with Crippen LogP contribution in [0.5, 0.6) is 0 Å². The Kier molecular flexibility index (Phi) is 3.94. The number of fused-ring (bicyclic) bond motifs is 1. The van der Waals surface area contributed by atoms with Gasteiger partial charge in [0.05, 0.1) is 5.56 Å². The Morgan fingerprint density at radius 3 is 2.70 bits per heavy atom. The van der Waals surface area contributed by atoms with Gasteiger partial charge in [0.15, 0.2) is 0 Å². The van der Waals surface area contributed by atoms with E-state index in [4.69, 9.17) is 16.0 Å². The molecule has 0 bridgehead atoms. The second kappa shape index (κ2) is 5.85. The van der Waals surface area contributed by atoms with Gasteiger partial charge in [0.25, 0.3) is 5.91 Å². The summed E-state index contributed by atoms with van der Waals surface area (Å²) in [7, 11) is 0. The average molecular weight is 293 g/mol. The summed E-state index contributed by atoms with van der Waals surface area (Å²) in [6.45, 7) is 4.14. The number of alkyl halides is 1. The molecule has 2 heterocycles. The lowest BCUT2D eigenvalue weighted by Crippen LogP contribution is -2.49. The van der Waals surface area contributed by atoms with Gasteiger partial charge in [-0.3, -0.25) is 9.69 Å². The van der Waals surface area contributed by atoms with Crippen LogP contribution in [0.4, 0.5) is 0 Å². The molecular formula is C15H17ClN2O2. The topological polar surface area (TPSA) is 36.7 Å². The van der Waals surface area contributed by atoms with Crippen molar-refractivity contribution in [1.82, 2.24) is 9.80 Å². The summed E-state index contributed by atoms with van der Waals surface area (Å²) in [5.74, 6) is 0.695. The Bertz CT molecular complexity index is 603. The first-order valence-corrected chi connectivity index (χ1v) is 7.37. The summed E-state index contributed by atoms with van der Waals surface area (Å²) in [6, 6.07) is 7.64. The van der Waals surface area contributed by atoms with E-state index >= 15 is 0 Å². The third-order valence-corrected chi connectivity index (χ3v) is 3.94. The van der Waals surface area contributed by atoms with E-state index in [1.165, 1.54) is 0 Å². The second-order valence-corrected chi connectivity index (χ2v) is 5.35. The summed E-state index contributed by atoms with van der Waals surface area (Å²) in [5.41, 5.74) is 1.42.